The second-order valence-electron chi connectivity index (χ2n) is 7.41. The molecule has 5 rings (SSSR count). The first-order valence-electron chi connectivity index (χ1n) is 9.82. The van der Waals surface area contributed by atoms with Crippen LogP contribution in [-0.2, 0) is 13.0 Å². The molecule has 0 spiro atoms. The van der Waals surface area contributed by atoms with Crippen LogP contribution in [0, 0.1) is 10.1 Å². The quantitative estimate of drug-likeness (QED) is 0.387. The summed E-state index contributed by atoms with van der Waals surface area (Å²) >= 11 is 0. The van der Waals surface area contributed by atoms with Crippen molar-refractivity contribution in [2.45, 2.75) is 25.8 Å². The molecule has 4 aromatic rings. The molecule has 0 saturated heterocycles. The summed E-state index contributed by atoms with van der Waals surface area (Å²) in [5.41, 5.74) is 3.13. The van der Waals surface area contributed by atoms with Crippen molar-refractivity contribution in [2.24, 2.45) is 0 Å². The van der Waals surface area contributed by atoms with E-state index in [2.05, 4.69) is 21.1 Å². The Labute approximate surface area is 171 Å². The van der Waals surface area contributed by atoms with Gasteiger partial charge in [0.05, 0.1) is 10.6 Å². The number of benzene rings is 2. The number of nitrogens with zero attached hydrogens (tertiary/aromatic N) is 3. The number of hydrogen-bond donors (Lipinski definition) is 2. The van der Waals surface area contributed by atoms with Crippen molar-refractivity contribution in [1.82, 2.24) is 14.5 Å². The smallest absolute Gasteiger partial charge is 0.293 e. The molecule has 8 nitrogen and oxygen atoms in total. The van der Waals surface area contributed by atoms with E-state index in [-0.39, 0.29) is 17.3 Å². The lowest BCUT2D eigenvalue weighted by atomic mass is 10.1. The van der Waals surface area contributed by atoms with E-state index in [4.69, 9.17) is 4.98 Å². The monoisotopic (exact) mass is 401 g/mol. The van der Waals surface area contributed by atoms with Gasteiger partial charge in [-0.05, 0) is 31.0 Å². The van der Waals surface area contributed by atoms with Crippen LogP contribution in [0.1, 0.15) is 29.2 Å². The van der Waals surface area contributed by atoms with Gasteiger partial charge in [-0.15, -0.1) is 0 Å². The summed E-state index contributed by atoms with van der Waals surface area (Å²) in [6.07, 6.45) is 5.46. The molecule has 0 bridgehead atoms. The maximum absolute atomic E-state index is 12.6. The van der Waals surface area contributed by atoms with Crippen molar-refractivity contribution in [3.8, 4) is 11.3 Å². The summed E-state index contributed by atoms with van der Waals surface area (Å²) in [5.74, 6) is 0.771. The number of carbonyl (C=O) groups excluding carboxylic acids is 1. The van der Waals surface area contributed by atoms with Crippen molar-refractivity contribution < 1.29 is 9.72 Å². The number of aryl methyl sites for hydroxylation is 2. The average molecular weight is 401 g/mol. The van der Waals surface area contributed by atoms with Crippen LogP contribution in [0.4, 0.5) is 11.4 Å². The number of nitro benzene ring substituents is 1. The van der Waals surface area contributed by atoms with Gasteiger partial charge in [-0.25, -0.2) is 4.98 Å². The molecule has 0 radical (unpaired) electrons. The number of amides is 1. The number of hydrogen-bond acceptors (Lipinski definition) is 4. The zero-order valence-electron chi connectivity index (χ0n) is 16.1. The molecule has 0 saturated carbocycles. The first kappa shape index (κ1) is 18.1. The van der Waals surface area contributed by atoms with E-state index < -0.39 is 4.92 Å². The van der Waals surface area contributed by atoms with Gasteiger partial charge in [-0.1, -0.05) is 24.3 Å². The van der Waals surface area contributed by atoms with E-state index in [0.717, 1.165) is 30.0 Å². The normalized spacial score (nSPS) is 13.2. The van der Waals surface area contributed by atoms with Crippen molar-refractivity contribution in [2.75, 3.05) is 5.32 Å². The van der Waals surface area contributed by atoms with Gasteiger partial charge >= 0.3 is 0 Å². The molecule has 3 heterocycles. The molecular formula is C22H19N5O3. The Morgan fingerprint density at radius 2 is 2.00 bits per heavy atom. The fourth-order valence-corrected chi connectivity index (χ4v) is 3.89. The van der Waals surface area contributed by atoms with Gasteiger partial charge in [0.2, 0.25) is 0 Å². The molecule has 30 heavy (non-hydrogen) atoms. The average Bonchev–Trinajstić information content (AvgIpc) is 3.38. The lowest BCUT2D eigenvalue weighted by Crippen LogP contribution is -2.12. The predicted molar refractivity (Wildman–Crippen MR) is 114 cm³/mol. The lowest BCUT2D eigenvalue weighted by Gasteiger charge is -2.11. The summed E-state index contributed by atoms with van der Waals surface area (Å²) < 4.78 is 2.21. The number of H-pyrrole nitrogens is 1. The third-order valence-corrected chi connectivity index (χ3v) is 5.42. The molecular weight excluding hydrogens is 382 g/mol. The van der Waals surface area contributed by atoms with E-state index in [0.29, 0.717) is 16.6 Å². The number of non-ortho nitro benzene ring substituents is 1. The standard InChI is InChI=1S/C22H19N5O3/c28-22(17-12-15-4-3-5-19(27(29)30)21(15)25-17)23-16-9-7-14(8-10-16)18-13-26-11-2-1-6-20(26)24-18/h3-5,7-10,12-13,25H,1-2,6,11H2,(H,23,28). The first-order chi connectivity index (χ1) is 14.6. The molecule has 150 valence electrons. The second kappa shape index (κ2) is 7.14. The van der Waals surface area contributed by atoms with Crippen LogP contribution in [0.25, 0.3) is 22.2 Å². The summed E-state index contributed by atoms with van der Waals surface area (Å²) in [5, 5.41) is 14.6. The van der Waals surface area contributed by atoms with Crippen LogP contribution in [-0.4, -0.2) is 25.4 Å². The van der Waals surface area contributed by atoms with Crippen LogP contribution in [0.2, 0.25) is 0 Å². The minimum Gasteiger partial charge on any atom is -0.345 e. The number of aromatic amines is 1. The third-order valence-electron chi connectivity index (χ3n) is 5.42. The maximum Gasteiger partial charge on any atom is 0.293 e. The molecule has 2 aromatic heterocycles. The Kier molecular flexibility index (Phi) is 4.31. The zero-order chi connectivity index (χ0) is 20.7. The van der Waals surface area contributed by atoms with Crippen LogP contribution in [0.3, 0.4) is 0 Å². The highest BCUT2D eigenvalue weighted by molar-refractivity contribution is 6.06. The summed E-state index contributed by atoms with van der Waals surface area (Å²) in [6, 6.07) is 13.9. The second-order valence-corrected chi connectivity index (χ2v) is 7.41. The summed E-state index contributed by atoms with van der Waals surface area (Å²) in [7, 11) is 0. The number of nitro groups is 1. The molecule has 1 aliphatic rings. The number of imidazole rings is 1. The Hall–Kier alpha value is -3.94. The van der Waals surface area contributed by atoms with Crippen LogP contribution >= 0.6 is 0 Å². The van der Waals surface area contributed by atoms with Gasteiger partial charge in [-0.3, -0.25) is 14.9 Å². The van der Waals surface area contributed by atoms with Gasteiger partial charge in [-0.2, -0.15) is 0 Å². The van der Waals surface area contributed by atoms with Gasteiger partial charge in [0, 0.05) is 41.9 Å². The van der Waals surface area contributed by atoms with Crippen LogP contribution in [0.5, 0.6) is 0 Å². The van der Waals surface area contributed by atoms with Crippen molar-refractivity contribution in [1.29, 1.82) is 0 Å². The van der Waals surface area contributed by atoms with E-state index in [1.54, 1.807) is 18.2 Å². The number of carbonyl (C=O) groups is 1. The number of anilines is 1. The number of rotatable bonds is 4. The fourth-order valence-electron chi connectivity index (χ4n) is 3.89. The Balaban J connectivity index is 1.35. The molecule has 2 N–H and O–H groups in total. The summed E-state index contributed by atoms with van der Waals surface area (Å²) in [6.45, 7) is 1.01. The molecule has 2 aromatic carbocycles. The van der Waals surface area contributed by atoms with E-state index in [1.165, 1.54) is 18.9 Å². The van der Waals surface area contributed by atoms with Crippen molar-refractivity contribution in [3.63, 3.8) is 0 Å². The minimum atomic E-state index is -0.465. The lowest BCUT2D eigenvalue weighted by molar-refractivity contribution is -0.383. The molecule has 8 heteroatoms. The van der Waals surface area contributed by atoms with Crippen LogP contribution < -0.4 is 5.32 Å². The molecule has 0 atom stereocenters. The highest BCUT2D eigenvalue weighted by Crippen LogP contribution is 2.27. The number of para-hydroxylation sites is 1. The van der Waals surface area contributed by atoms with Crippen molar-refractivity contribution >= 4 is 28.2 Å². The Bertz CT molecular complexity index is 1250. The van der Waals surface area contributed by atoms with E-state index in [1.807, 2.05) is 24.3 Å². The highest BCUT2D eigenvalue weighted by atomic mass is 16.6. The van der Waals surface area contributed by atoms with E-state index >= 15 is 0 Å². The molecule has 0 aliphatic carbocycles. The zero-order valence-corrected chi connectivity index (χ0v) is 16.1. The van der Waals surface area contributed by atoms with E-state index in [9.17, 15) is 14.9 Å². The fraction of sp³-hybridized carbons (Fsp3) is 0.182. The van der Waals surface area contributed by atoms with Gasteiger partial charge in [0.1, 0.15) is 17.0 Å². The molecule has 0 unspecified atom stereocenters. The largest absolute Gasteiger partial charge is 0.345 e. The van der Waals surface area contributed by atoms with Gasteiger partial charge in [0.15, 0.2) is 0 Å². The van der Waals surface area contributed by atoms with Crippen LogP contribution in [0.15, 0.2) is 54.7 Å². The first-order valence-corrected chi connectivity index (χ1v) is 9.82. The van der Waals surface area contributed by atoms with Gasteiger partial charge < -0.3 is 14.9 Å². The molecule has 1 aliphatic heterocycles. The van der Waals surface area contributed by atoms with Gasteiger partial charge in [0.25, 0.3) is 11.6 Å². The number of fused-ring (bicyclic) bond motifs is 2. The highest BCUT2D eigenvalue weighted by Gasteiger charge is 2.17. The molecule has 0 fully saturated rings. The maximum atomic E-state index is 12.6. The topological polar surface area (TPSA) is 106 Å². The predicted octanol–water partition coefficient (Wildman–Crippen LogP) is 4.53. The third kappa shape index (κ3) is 3.22. The minimum absolute atomic E-state index is 0.0568. The number of aromatic nitrogens is 3. The Morgan fingerprint density at radius 3 is 2.77 bits per heavy atom. The molecule has 1 amide bonds. The SMILES string of the molecule is O=C(Nc1ccc(-c2cn3c(n2)CCCC3)cc1)c1cc2cccc([N+](=O)[O-])c2[nH]1. The Morgan fingerprint density at radius 1 is 1.17 bits per heavy atom. The number of nitrogens with one attached hydrogen (secondary N) is 2. The van der Waals surface area contributed by atoms with Crippen molar-refractivity contribution in [3.05, 3.63) is 76.4 Å². The summed E-state index contributed by atoms with van der Waals surface area (Å²) in [4.78, 5) is 30.9.